The average molecular weight is 280 g/mol. The molecule has 2 aliphatic rings. The van der Waals surface area contributed by atoms with Crippen LogP contribution in [0, 0.1) is 0 Å². The molecule has 0 saturated carbocycles. The van der Waals surface area contributed by atoms with Crippen LogP contribution in [0.2, 0.25) is 0 Å². The van der Waals surface area contributed by atoms with Gasteiger partial charge >= 0.3 is 0 Å². The van der Waals surface area contributed by atoms with E-state index in [1.807, 2.05) is 11.3 Å². The van der Waals surface area contributed by atoms with Crippen molar-refractivity contribution in [2.24, 2.45) is 5.73 Å². The van der Waals surface area contributed by atoms with Gasteiger partial charge in [-0.2, -0.15) is 0 Å². The Morgan fingerprint density at radius 1 is 1.37 bits per heavy atom. The molecule has 0 spiro atoms. The Bertz CT molecular complexity index is 449. The predicted octanol–water partition coefficient (Wildman–Crippen LogP) is 3.16. The van der Waals surface area contributed by atoms with Crippen molar-refractivity contribution in [3.63, 3.8) is 0 Å². The zero-order valence-corrected chi connectivity index (χ0v) is 12.8. The van der Waals surface area contributed by atoms with Crippen LogP contribution >= 0.6 is 11.3 Å². The van der Waals surface area contributed by atoms with Crippen molar-refractivity contribution in [1.82, 2.24) is 4.98 Å². The summed E-state index contributed by atoms with van der Waals surface area (Å²) in [6, 6.07) is 0. The van der Waals surface area contributed by atoms with Gasteiger partial charge in [-0.25, -0.2) is 4.98 Å². The second-order valence-corrected chi connectivity index (χ2v) is 7.41. The van der Waals surface area contributed by atoms with Gasteiger partial charge in [0, 0.05) is 17.9 Å². The Kier molecular flexibility index (Phi) is 3.44. The van der Waals surface area contributed by atoms with Crippen molar-refractivity contribution in [2.45, 2.75) is 69.9 Å². The van der Waals surface area contributed by atoms with Gasteiger partial charge in [0.2, 0.25) is 0 Å². The van der Waals surface area contributed by atoms with Gasteiger partial charge in [-0.15, -0.1) is 11.3 Å². The molecule has 2 heterocycles. The van der Waals surface area contributed by atoms with Crippen molar-refractivity contribution in [3.8, 4) is 0 Å². The number of ether oxygens (including phenoxy) is 1. The van der Waals surface area contributed by atoms with E-state index in [9.17, 15) is 0 Å². The van der Waals surface area contributed by atoms with Gasteiger partial charge in [0.15, 0.2) is 0 Å². The van der Waals surface area contributed by atoms with Crippen molar-refractivity contribution in [1.29, 1.82) is 0 Å². The molecule has 4 heteroatoms. The molecule has 1 saturated heterocycles. The van der Waals surface area contributed by atoms with Crippen LogP contribution in [-0.2, 0) is 23.1 Å². The first-order valence-corrected chi connectivity index (χ1v) is 8.28. The highest BCUT2D eigenvalue weighted by molar-refractivity contribution is 7.11. The number of nitrogens with zero attached hydrogens (tertiary/aromatic N) is 1. The molecule has 2 atom stereocenters. The number of hydrogen-bond acceptors (Lipinski definition) is 4. The number of aromatic nitrogens is 1. The lowest BCUT2D eigenvalue weighted by atomic mass is 9.80. The number of thiazole rings is 1. The first kappa shape index (κ1) is 13.5. The van der Waals surface area contributed by atoms with Gasteiger partial charge in [-0.3, -0.25) is 0 Å². The highest BCUT2D eigenvalue weighted by Gasteiger charge is 2.43. The summed E-state index contributed by atoms with van der Waals surface area (Å²) in [6.45, 7) is 5.12. The van der Waals surface area contributed by atoms with Crippen molar-refractivity contribution in [3.05, 3.63) is 15.6 Å². The zero-order chi connectivity index (χ0) is 13.5. The van der Waals surface area contributed by atoms with E-state index < -0.39 is 0 Å². The van der Waals surface area contributed by atoms with Crippen LogP contribution < -0.4 is 5.73 Å². The van der Waals surface area contributed by atoms with E-state index in [0.717, 1.165) is 37.3 Å². The van der Waals surface area contributed by atoms with Crippen LogP contribution in [0.3, 0.4) is 0 Å². The molecular formula is C15H24N2OS. The normalized spacial score (nSPS) is 35.1. The Labute approximate surface area is 119 Å². The second kappa shape index (κ2) is 4.83. The van der Waals surface area contributed by atoms with E-state index in [1.165, 1.54) is 29.8 Å². The number of hydrogen-bond donors (Lipinski definition) is 1. The fourth-order valence-corrected chi connectivity index (χ4v) is 4.54. The van der Waals surface area contributed by atoms with Crippen LogP contribution in [0.15, 0.2) is 0 Å². The van der Waals surface area contributed by atoms with E-state index in [0.29, 0.717) is 0 Å². The molecule has 1 aromatic heterocycles. The smallest absolute Gasteiger partial charge is 0.113 e. The summed E-state index contributed by atoms with van der Waals surface area (Å²) in [5, 5.41) is 1.15. The first-order chi connectivity index (χ1) is 9.05. The minimum absolute atomic E-state index is 0.0842. The Morgan fingerprint density at radius 2 is 2.16 bits per heavy atom. The topological polar surface area (TPSA) is 48.1 Å². The molecule has 1 aromatic rings. The van der Waals surface area contributed by atoms with Crippen LogP contribution in [0.1, 0.15) is 61.5 Å². The van der Waals surface area contributed by atoms with Gasteiger partial charge in [-0.05, 0) is 45.4 Å². The SMILES string of the molecule is CCC1(C)CC(N)(c2nc3c(s2)CCCC3)CCO1. The summed E-state index contributed by atoms with van der Waals surface area (Å²) in [5.74, 6) is 0. The van der Waals surface area contributed by atoms with Gasteiger partial charge in [0.05, 0.1) is 16.8 Å². The maximum Gasteiger partial charge on any atom is 0.113 e. The third kappa shape index (κ3) is 2.46. The third-order valence-electron chi connectivity index (χ3n) is 4.71. The second-order valence-electron chi connectivity index (χ2n) is 6.33. The van der Waals surface area contributed by atoms with Crippen LogP contribution in [-0.4, -0.2) is 17.2 Å². The lowest BCUT2D eigenvalue weighted by Gasteiger charge is -2.43. The molecule has 0 aromatic carbocycles. The standard InChI is InChI=1S/C15H24N2OS/c1-3-14(2)10-15(16,8-9-18-14)13-17-11-6-4-5-7-12(11)19-13/h3-10,16H2,1-2H3. The predicted molar refractivity (Wildman–Crippen MR) is 78.5 cm³/mol. The van der Waals surface area contributed by atoms with E-state index in [-0.39, 0.29) is 11.1 Å². The molecule has 1 aliphatic heterocycles. The largest absolute Gasteiger partial charge is 0.375 e. The molecule has 0 radical (unpaired) electrons. The van der Waals surface area contributed by atoms with E-state index in [1.54, 1.807) is 0 Å². The summed E-state index contributed by atoms with van der Waals surface area (Å²) in [4.78, 5) is 6.37. The fraction of sp³-hybridized carbons (Fsp3) is 0.800. The summed E-state index contributed by atoms with van der Waals surface area (Å²) >= 11 is 1.86. The minimum atomic E-state index is -0.273. The Balaban J connectivity index is 1.89. The monoisotopic (exact) mass is 280 g/mol. The molecule has 2 unspecified atom stereocenters. The summed E-state index contributed by atoms with van der Waals surface area (Å²) in [6.07, 6.45) is 7.73. The average Bonchev–Trinajstić information content (AvgIpc) is 2.83. The Morgan fingerprint density at radius 3 is 2.89 bits per heavy atom. The van der Waals surface area contributed by atoms with Crippen LogP contribution in [0.5, 0.6) is 0 Å². The number of nitrogens with two attached hydrogens (primary N) is 1. The summed E-state index contributed by atoms with van der Waals surface area (Å²) < 4.78 is 5.93. The molecule has 1 aliphatic carbocycles. The molecule has 106 valence electrons. The van der Waals surface area contributed by atoms with E-state index in [4.69, 9.17) is 15.5 Å². The lowest BCUT2D eigenvalue weighted by Crippen LogP contribution is -2.50. The molecule has 0 bridgehead atoms. The van der Waals surface area contributed by atoms with Crippen molar-refractivity contribution < 1.29 is 4.74 Å². The van der Waals surface area contributed by atoms with Gasteiger partial charge in [0.25, 0.3) is 0 Å². The third-order valence-corrected chi connectivity index (χ3v) is 6.08. The lowest BCUT2D eigenvalue weighted by molar-refractivity contribution is -0.0955. The minimum Gasteiger partial charge on any atom is -0.375 e. The number of fused-ring (bicyclic) bond motifs is 1. The molecule has 0 amide bonds. The van der Waals surface area contributed by atoms with Crippen LogP contribution in [0.4, 0.5) is 0 Å². The van der Waals surface area contributed by atoms with Crippen LogP contribution in [0.25, 0.3) is 0 Å². The van der Waals surface area contributed by atoms with Crippen molar-refractivity contribution >= 4 is 11.3 Å². The quantitative estimate of drug-likeness (QED) is 0.905. The first-order valence-electron chi connectivity index (χ1n) is 7.47. The van der Waals surface area contributed by atoms with Gasteiger partial charge < -0.3 is 10.5 Å². The molecular weight excluding hydrogens is 256 g/mol. The molecule has 2 N–H and O–H groups in total. The highest BCUT2D eigenvalue weighted by atomic mass is 32.1. The highest BCUT2D eigenvalue weighted by Crippen LogP contribution is 2.42. The Hall–Kier alpha value is -0.450. The van der Waals surface area contributed by atoms with Gasteiger partial charge in [0.1, 0.15) is 5.01 Å². The van der Waals surface area contributed by atoms with E-state index in [2.05, 4.69) is 13.8 Å². The fourth-order valence-electron chi connectivity index (χ4n) is 3.26. The summed E-state index contributed by atoms with van der Waals surface area (Å²) in [7, 11) is 0. The molecule has 19 heavy (non-hydrogen) atoms. The molecule has 3 rings (SSSR count). The number of aryl methyl sites for hydroxylation is 2. The maximum absolute atomic E-state index is 6.71. The zero-order valence-electron chi connectivity index (χ0n) is 12.0. The maximum atomic E-state index is 6.71. The van der Waals surface area contributed by atoms with E-state index >= 15 is 0 Å². The number of rotatable bonds is 2. The van der Waals surface area contributed by atoms with Crippen molar-refractivity contribution in [2.75, 3.05) is 6.61 Å². The summed E-state index contributed by atoms with van der Waals surface area (Å²) in [5.41, 5.74) is 7.67. The molecule has 3 nitrogen and oxygen atoms in total. The van der Waals surface area contributed by atoms with Gasteiger partial charge in [-0.1, -0.05) is 6.92 Å². The molecule has 1 fully saturated rings.